The number of para-hydroxylation sites is 1. The molecule has 0 atom stereocenters. The average molecular weight is 388 g/mol. The maximum absolute atomic E-state index is 12.6. The van der Waals surface area contributed by atoms with Gasteiger partial charge in [-0.05, 0) is 24.3 Å². The molecule has 1 aliphatic rings. The highest BCUT2D eigenvalue weighted by Gasteiger charge is 2.23. The van der Waals surface area contributed by atoms with Crippen molar-refractivity contribution in [2.75, 3.05) is 31.5 Å². The van der Waals surface area contributed by atoms with Crippen molar-refractivity contribution in [2.45, 2.75) is 6.54 Å². The number of anilines is 1. The number of amides is 2. The molecule has 0 unspecified atom stereocenters. The number of carbonyl (C=O) groups is 1. The number of nitrogens with zero attached hydrogens (tertiary/aromatic N) is 5. The summed E-state index contributed by atoms with van der Waals surface area (Å²) in [6, 6.07) is 15.7. The number of pyridine rings is 2. The topological polar surface area (TPSA) is 87.4 Å². The number of rotatable bonds is 3. The molecular weight excluding hydrogens is 368 g/mol. The molecule has 1 N–H and O–H groups in total. The molecule has 0 spiro atoms. The van der Waals surface area contributed by atoms with Gasteiger partial charge >= 0.3 is 6.03 Å². The van der Waals surface area contributed by atoms with E-state index in [1.165, 1.54) is 0 Å². The van der Waals surface area contributed by atoms with Gasteiger partial charge in [0.1, 0.15) is 0 Å². The number of hydrogen-bond acceptors (Lipinski definition) is 6. The second-order valence-electron chi connectivity index (χ2n) is 7.08. The minimum Gasteiger partial charge on any atom is -0.334 e. The van der Waals surface area contributed by atoms with E-state index in [9.17, 15) is 4.79 Å². The molecular formula is C21H20N6O2. The van der Waals surface area contributed by atoms with Gasteiger partial charge in [0.05, 0.1) is 16.6 Å². The number of urea groups is 1. The highest BCUT2D eigenvalue weighted by molar-refractivity contribution is 5.97. The molecule has 8 heteroatoms. The molecule has 0 radical (unpaired) electrons. The van der Waals surface area contributed by atoms with Gasteiger partial charge in [-0.25, -0.2) is 9.78 Å². The molecule has 2 amide bonds. The summed E-state index contributed by atoms with van der Waals surface area (Å²) in [6.07, 6.45) is 1.63. The molecule has 1 aromatic carbocycles. The van der Waals surface area contributed by atoms with Gasteiger partial charge in [0.15, 0.2) is 5.82 Å². The minimum absolute atomic E-state index is 0.174. The first-order valence-corrected chi connectivity index (χ1v) is 9.60. The number of carbonyl (C=O) groups excluding carboxylic acids is 1. The van der Waals surface area contributed by atoms with E-state index in [-0.39, 0.29) is 6.03 Å². The van der Waals surface area contributed by atoms with Crippen LogP contribution >= 0.6 is 0 Å². The van der Waals surface area contributed by atoms with Crippen molar-refractivity contribution in [1.82, 2.24) is 24.9 Å². The van der Waals surface area contributed by atoms with Crippen LogP contribution in [0, 0.1) is 0 Å². The number of piperazine rings is 1. The first-order valence-electron chi connectivity index (χ1n) is 9.60. The van der Waals surface area contributed by atoms with Crippen molar-refractivity contribution in [3.05, 3.63) is 60.4 Å². The van der Waals surface area contributed by atoms with E-state index in [4.69, 9.17) is 9.51 Å². The molecule has 29 heavy (non-hydrogen) atoms. The van der Waals surface area contributed by atoms with Gasteiger partial charge in [-0.2, -0.15) is 0 Å². The molecule has 4 heterocycles. The Balaban J connectivity index is 1.19. The predicted molar refractivity (Wildman–Crippen MR) is 109 cm³/mol. The standard InChI is InChI=1S/C21H20N6O2/c28-21(24-19-17-5-3-9-22-20(17)29-25-19)27-12-10-26(11-13-27)14-16-8-7-15-4-1-2-6-18(15)23-16/h1-9H,10-14H2,(H,24,25,28). The number of hydrogen-bond donors (Lipinski definition) is 1. The third-order valence-electron chi connectivity index (χ3n) is 5.18. The lowest BCUT2D eigenvalue weighted by Gasteiger charge is -2.34. The van der Waals surface area contributed by atoms with E-state index in [2.05, 4.69) is 38.6 Å². The molecule has 1 saturated heterocycles. The first kappa shape index (κ1) is 17.6. The summed E-state index contributed by atoms with van der Waals surface area (Å²) in [7, 11) is 0. The molecule has 1 aliphatic heterocycles. The lowest BCUT2D eigenvalue weighted by atomic mass is 10.2. The Morgan fingerprint density at radius 2 is 1.90 bits per heavy atom. The zero-order chi connectivity index (χ0) is 19.6. The molecule has 5 rings (SSSR count). The Kier molecular flexibility index (Phi) is 4.53. The fourth-order valence-electron chi connectivity index (χ4n) is 3.59. The van der Waals surface area contributed by atoms with Gasteiger partial charge in [0.25, 0.3) is 5.71 Å². The summed E-state index contributed by atoms with van der Waals surface area (Å²) in [6.45, 7) is 3.66. The lowest BCUT2D eigenvalue weighted by molar-refractivity contribution is 0.142. The maximum Gasteiger partial charge on any atom is 0.323 e. The fourth-order valence-corrected chi connectivity index (χ4v) is 3.59. The lowest BCUT2D eigenvalue weighted by Crippen LogP contribution is -2.49. The summed E-state index contributed by atoms with van der Waals surface area (Å²) in [5, 5.41) is 8.58. The van der Waals surface area contributed by atoms with Crippen LogP contribution in [0.3, 0.4) is 0 Å². The van der Waals surface area contributed by atoms with E-state index in [0.717, 1.165) is 36.2 Å². The normalized spacial score (nSPS) is 15.1. The summed E-state index contributed by atoms with van der Waals surface area (Å²) in [5.41, 5.74) is 2.47. The third kappa shape index (κ3) is 3.62. The van der Waals surface area contributed by atoms with Gasteiger partial charge in [0.2, 0.25) is 0 Å². The minimum atomic E-state index is -0.174. The zero-order valence-electron chi connectivity index (χ0n) is 15.8. The second kappa shape index (κ2) is 7.48. The molecule has 0 aliphatic carbocycles. The van der Waals surface area contributed by atoms with Gasteiger partial charge in [-0.3, -0.25) is 15.2 Å². The summed E-state index contributed by atoms with van der Waals surface area (Å²) >= 11 is 0. The van der Waals surface area contributed by atoms with Gasteiger partial charge in [-0.1, -0.05) is 29.4 Å². The van der Waals surface area contributed by atoms with Crippen LogP contribution in [-0.4, -0.2) is 57.1 Å². The van der Waals surface area contributed by atoms with E-state index in [0.29, 0.717) is 30.0 Å². The smallest absolute Gasteiger partial charge is 0.323 e. The Labute approximate surface area is 167 Å². The Hall–Kier alpha value is -3.52. The molecule has 4 aromatic rings. The zero-order valence-corrected chi connectivity index (χ0v) is 15.8. The van der Waals surface area contributed by atoms with Crippen molar-refractivity contribution in [1.29, 1.82) is 0 Å². The fraction of sp³-hybridized carbons (Fsp3) is 0.238. The quantitative estimate of drug-likeness (QED) is 0.580. The van der Waals surface area contributed by atoms with Crippen molar-refractivity contribution in [3.63, 3.8) is 0 Å². The summed E-state index contributed by atoms with van der Waals surface area (Å²) < 4.78 is 5.14. The number of nitrogens with one attached hydrogen (secondary N) is 1. The van der Waals surface area contributed by atoms with Crippen LogP contribution in [0.5, 0.6) is 0 Å². The predicted octanol–water partition coefficient (Wildman–Crippen LogP) is 3.12. The molecule has 8 nitrogen and oxygen atoms in total. The van der Waals surface area contributed by atoms with Crippen LogP contribution in [0.4, 0.5) is 10.6 Å². The molecule has 3 aromatic heterocycles. The molecule has 146 valence electrons. The van der Waals surface area contributed by atoms with Crippen molar-refractivity contribution < 1.29 is 9.32 Å². The van der Waals surface area contributed by atoms with E-state index < -0.39 is 0 Å². The van der Waals surface area contributed by atoms with Gasteiger partial charge in [-0.15, -0.1) is 0 Å². The van der Waals surface area contributed by atoms with Crippen LogP contribution in [0.1, 0.15) is 5.69 Å². The largest absolute Gasteiger partial charge is 0.334 e. The maximum atomic E-state index is 12.6. The number of aromatic nitrogens is 3. The van der Waals surface area contributed by atoms with Crippen molar-refractivity contribution in [3.8, 4) is 0 Å². The monoisotopic (exact) mass is 388 g/mol. The van der Waals surface area contributed by atoms with Crippen molar-refractivity contribution in [2.24, 2.45) is 0 Å². The summed E-state index contributed by atoms with van der Waals surface area (Å²) in [4.78, 5) is 25.5. The number of benzene rings is 1. The highest BCUT2D eigenvalue weighted by Crippen LogP contribution is 2.21. The molecule has 0 saturated carbocycles. The SMILES string of the molecule is O=C(Nc1noc2ncccc12)N1CCN(Cc2ccc3ccccc3n2)CC1. The van der Waals surface area contributed by atoms with Crippen LogP contribution in [0.2, 0.25) is 0 Å². The Bertz CT molecular complexity index is 1170. The number of fused-ring (bicyclic) bond motifs is 2. The Morgan fingerprint density at radius 1 is 1.03 bits per heavy atom. The summed E-state index contributed by atoms with van der Waals surface area (Å²) in [5.74, 6) is 0.404. The Morgan fingerprint density at radius 3 is 2.79 bits per heavy atom. The van der Waals surface area contributed by atoms with Crippen LogP contribution in [-0.2, 0) is 6.54 Å². The van der Waals surface area contributed by atoms with Crippen molar-refractivity contribution >= 4 is 33.9 Å². The van der Waals surface area contributed by atoms with Gasteiger partial charge < -0.3 is 9.42 Å². The molecule has 1 fully saturated rings. The van der Waals surface area contributed by atoms with Crippen LogP contribution in [0.25, 0.3) is 22.0 Å². The third-order valence-corrected chi connectivity index (χ3v) is 5.18. The van der Waals surface area contributed by atoms with Crippen LogP contribution < -0.4 is 5.32 Å². The highest BCUT2D eigenvalue weighted by atomic mass is 16.5. The second-order valence-corrected chi connectivity index (χ2v) is 7.08. The average Bonchev–Trinajstić information content (AvgIpc) is 3.17. The van der Waals surface area contributed by atoms with E-state index >= 15 is 0 Å². The molecule has 0 bridgehead atoms. The van der Waals surface area contributed by atoms with Crippen LogP contribution in [0.15, 0.2) is 59.3 Å². The van der Waals surface area contributed by atoms with Gasteiger partial charge in [0, 0.05) is 44.3 Å². The van der Waals surface area contributed by atoms with E-state index in [1.807, 2.05) is 24.3 Å². The first-order chi connectivity index (χ1) is 14.3. The van der Waals surface area contributed by atoms with E-state index in [1.54, 1.807) is 17.2 Å².